The van der Waals surface area contributed by atoms with E-state index in [9.17, 15) is 0 Å². The van der Waals surface area contributed by atoms with Gasteiger partial charge in [0, 0.05) is 25.2 Å². The average Bonchev–Trinajstić information content (AvgIpc) is 3.23. The summed E-state index contributed by atoms with van der Waals surface area (Å²) in [5, 5.41) is 0. The molecule has 4 aliphatic rings. The van der Waals surface area contributed by atoms with Crippen molar-refractivity contribution < 1.29 is 14.2 Å². The fraction of sp³-hybridized carbons (Fsp3) is 1.00. The summed E-state index contributed by atoms with van der Waals surface area (Å²) in [6.07, 6.45) is 12.5. The topological polar surface area (TPSA) is 106 Å². The van der Waals surface area contributed by atoms with Crippen molar-refractivity contribution in [2.75, 3.05) is 39.5 Å². The number of nitrogens with two attached hydrogens (primary N) is 3. The molecule has 6 nitrogen and oxygen atoms in total. The fourth-order valence-corrected chi connectivity index (χ4v) is 9.75. The molecule has 0 heterocycles. The molecule has 4 saturated carbocycles. The molecule has 0 aromatic carbocycles. The highest BCUT2D eigenvalue weighted by atomic mass is 16.5. The second-order valence-corrected chi connectivity index (χ2v) is 13.7. The lowest BCUT2D eigenvalue weighted by molar-refractivity contribution is -0.227. The first-order valence-corrected chi connectivity index (χ1v) is 15.8. The van der Waals surface area contributed by atoms with Crippen LogP contribution in [0.25, 0.3) is 0 Å². The average molecular weight is 522 g/mol. The summed E-state index contributed by atoms with van der Waals surface area (Å²) < 4.78 is 20.0. The summed E-state index contributed by atoms with van der Waals surface area (Å²) >= 11 is 0. The Morgan fingerprint density at radius 1 is 0.757 bits per heavy atom. The van der Waals surface area contributed by atoms with Crippen LogP contribution in [-0.4, -0.2) is 57.8 Å². The maximum atomic E-state index is 6.84. The molecular weight excluding hydrogens is 462 g/mol. The Bertz CT molecular complexity index is 707. The van der Waals surface area contributed by atoms with Crippen LogP contribution < -0.4 is 17.2 Å². The van der Waals surface area contributed by atoms with E-state index in [1.165, 1.54) is 38.5 Å². The lowest BCUT2D eigenvalue weighted by atomic mass is 9.43. The quantitative estimate of drug-likeness (QED) is 0.303. The number of hydrogen-bond donors (Lipinski definition) is 3. The molecule has 10 atom stereocenters. The van der Waals surface area contributed by atoms with E-state index in [2.05, 4.69) is 27.7 Å². The van der Waals surface area contributed by atoms with Gasteiger partial charge in [0.15, 0.2) is 0 Å². The van der Waals surface area contributed by atoms with Crippen molar-refractivity contribution in [3.63, 3.8) is 0 Å². The number of fused-ring (bicyclic) bond motifs is 5. The molecule has 6 N–H and O–H groups in total. The van der Waals surface area contributed by atoms with Gasteiger partial charge in [-0.1, -0.05) is 27.7 Å². The largest absolute Gasteiger partial charge is 0.378 e. The van der Waals surface area contributed by atoms with Crippen LogP contribution in [0.15, 0.2) is 0 Å². The van der Waals surface area contributed by atoms with Crippen LogP contribution >= 0.6 is 0 Å². The third-order valence-electron chi connectivity index (χ3n) is 11.6. The molecule has 0 amide bonds. The van der Waals surface area contributed by atoms with Crippen LogP contribution in [0, 0.1) is 46.3 Å². The van der Waals surface area contributed by atoms with Gasteiger partial charge in [-0.05, 0) is 125 Å². The van der Waals surface area contributed by atoms with Crippen LogP contribution in [-0.2, 0) is 14.2 Å². The van der Waals surface area contributed by atoms with Crippen molar-refractivity contribution >= 4 is 0 Å². The minimum atomic E-state index is 0.213. The van der Waals surface area contributed by atoms with Gasteiger partial charge in [0.2, 0.25) is 0 Å². The zero-order chi connectivity index (χ0) is 26.6. The zero-order valence-electron chi connectivity index (χ0n) is 24.5. The maximum absolute atomic E-state index is 6.84. The molecule has 6 heteroatoms. The Kier molecular flexibility index (Phi) is 10.4. The molecule has 4 fully saturated rings. The minimum absolute atomic E-state index is 0.213. The van der Waals surface area contributed by atoms with E-state index >= 15 is 0 Å². The second-order valence-electron chi connectivity index (χ2n) is 13.7. The van der Waals surface area contributed by atoms with E-state index < -0.39 is 0 Å². The molecule has 0 saturated heterocycles. The molecule has 6 unspecified atom stereocenters. The van der Waals surface area contributed by atoms with E-state index in [4.69, 9.17) is 31.4 Å². The van der Waals surface area contributed by atoms with Crippen molar-refractivity contribution in [2.45, 2.75) is 110 Å². The van der Waals surface area contributed by atoms with Gasteiger partial charge in [-0.25, -0.2) is 0 Å². The standard InChI is InChI=1S/C31H59N3O3/c1-21(2)24-8-9-25-29-26(20-28(31(24,25)4)37-17-7-14-34)30(3)11-10-23(35-15-5-12-32)18-22(30)19-27(29)36-16-6-13-33/h21-29H,5-20,32-34H2,1-4H3/t22?,23-,24?,25+,26+,27-,28?,29?,30?,31?/m1/s1. The molecule has 0 bridgehead atoms. The molecule has 0 aromatic rings. The lowest BCUT2D eigenvalue weighted by Gasteiger charge is -2.64. The maximum Gasteiger partial charge on any atom is 0.0637 e. The van der Waals surface area contributed by atoms with Crippen molar-refractivity contribution in [2.24, 2.45) is 63.5 Å². The first kappa shape index (κ1) is 29.7. The normalized spacial score (nSPS) is 43.5. The Morgan fingerprint density at radius 3 is 2.05 bits per heavy atom. The summed E-state index contributed by atoms with van der Waals surface area (Å²) in [6, 6.07) is 0. The lowest BCUT2D eigenvalue weighted by Crippen LogP contribution is -2.63. The van der Waals surface area contributed by atoms with E-state index in [1.807, 2.05) is 0 Å². The first-order chi connectivity index (χ1) is 17.8. The highest BCUT2D eigenvalue weighted by molar-refractivity contribution is 5.15. The van der Waals surface area contributed by atoms with Gasteiger partial charge in [-0.3, -0.25) is 0 Å². The molecule has 4 rings (SSSR count). The van der Waals surface area contributed by atoms with E-state index in [-0.39, 0.29) is 5.41 Å². The van der Waals surface area contributed by atoms with E-state index in [0.717, 1.165) is 45.5 Å². The molecule has 0 aromatic heterocycles. The van der Waals surface area contributed by atoms with Gasteiger partial charge in [0.05, 0.1) is 18.3 Å². The number of rotatable bonds is 13. The molecule has 0 radical (unpaired) electrons. The molecule has 37 heavy (non-hydrogen) atoms. The van der Waals surface area contributed by atoms with Gasteiger partial charge in [0.1, 0.15) is 0 Å². The van der Waals surface area contributed by atoms with E-state index in [0.29, 0.717) is 78.9 Å². The third-order valence-corrected chi connectivity index (χ3v) is 11.6. The molecule has 0 aliphatic heterocycles. The van der Waals surface area contributed by atoms with Gasteiger partial charge in [0.25, 0.3) is 0 Å². The Morgan fingerprint density at radius 2 is 1.41 bits per heavy atom. The van der Waals surface area contributed by atoms with Crippen LogP contribution in [0.1, 0.15) is 91.9 Å². The van der Waals surface area contributed by atoms with Crippen LogP contribution in [0.2, 0.25) is 0 Å². The fourth-order valence-electron chi connectivity index (χ4n) is 9.75. The molecule has 4 aliphatic carbocycles. The van der Waals surface area contributed by atoms with Crippen LogP contribution in [0.5, 0.6) is 0 Å². The monoisotopic (exact) mass is 521 g/mol. The highest BCUT2D eigenvalue weighted by Gasteiger charge is 2.66. The number of hydrogen-bond acceptors (Lipinski definition) is 6. The van der Waals surface area contributed by atoms with Gasteiger partial charge in [-0.15, -0.1) is 0 Å². The second kappa shape index (κ2) is 13.0. The van der Waals surface area contributed by atoms with Crippen molar-refractivity contribution in [1.29, 1.82) is 0 Å². The first-order valence-electron chi connectivity index (χ1n) is 15.8. The zero-order valence-corrected chi connectivity index (χ0v) is 24.5. The summed E-state index contributed by atoms with van der Waals surface area (Å²) in [4.78, 5) is 0. The van der Waals surface area contributed by atoms with E-state index in [1.54, 1.807) is 0 Å². The third kappa shape index (κ3) is 5.81. The van der Waals surface area contributed by atoms with Crippen LogP contribution in [0.4, 0.5) is 0 Å². The number of ether oxygens (including phenoxy) is 3. The molecule has 216 valence electrons. The summed E-state index contributed by atoms with van der Waals surface area (Å²) in [5.74, 6) is 3.97. The van der Waals surface area contributed by atoms with Crippen molar-refractivity contribution in [3.05, 3.63) is 0 Å². The van der Waals surface area contributed by atoms with Gasteiger partial charge < -0.3 is 31.4 Å². The van der Waals surface area contributed by atoms with Gasteiger partial charge in [-0.2, -0.15) is 0 Å². The summed E-state index contributed by atoms with van der Waals surface area (Å²) in [7, 11) is 0. The Labute approximate surface area is 227 Å². The van der Waals surface area contributed by atoms with Crippen LogP contribution in [0.3, 0.4) is 0 Å². The predicted octanol–water partition coefficient (Wildman–Crippen LogP) is 4.72. The highest BCUT2D eigenvalue weighted by Crippen LogP contribution is 2.69. The molecular formula is C31H59N3O3. The summed E-state index contributed by atoms with van der Waals surface area (Å²) in [5.41, 5.74) is 18.0. The molecule has 0 spiro atoms. The predicted molar refractivity (Wildman–Crippen MR) is 151 cm³/mol. The Balaban J connectivity index is 1.63. The minimum Gasteiger partial charge on any atom is -0.378 e. The van der Waals surface area contributed by atoms with Crippen molar-refractivity contribution in [1.82, 2.24) is 0 Å². The van der Waals surface area contributed by atoms with Crippen molar-refractivity contribution in [3.8, 4) is 0 Å². The smallest absolute Gasteiger partial charge is 0.0637 e. The Hall–Kier alpha value is -0.240. The van der Waals surface area contributed by atoms with Gasteiger partial charge >= 0.3 is 0 Å². The summed E-state index contributed by atoms with van der Waals surface area (Å²) in [6.45, 7) is 14.6. The SMILES string of the molecule is CC(C)C1CC[C@H]2C3[C@H](OCCCN)CC4C[C@H](OCCCN)CCC4(C)[C@H]3CC(OCCCN)C12C.